The molecule has 6 nitrogen and oxygen atoms in total. The summed E-state index contributed by atoms with van der Waals surface area (Å²) in [5, 5.41) is 10.8. The maximum absolute atomic E-state index is 11.0. The molecule has 0 aliphatic carbocycles. The lowest BCUT2D eigenvalue weighted by atomic mass is 10.6. The molecule has 0 radical (unpaired) electrons. The zero-order chi connectivity index (χ0) is 11.0. The van der Waals surface area contributed by atoms with Crippen molar-refractivity contribution in [2.24, 2.45) is 0 Å². The summed E-state index contributed by atoms with van der Waals surface area (Å²) < 4.78 is 26.7. The van der Waals surface area contributed by atoms with Crippen molar-refractivity contribution < 1.29 is 23.1 Å². The first-order valence-electron chi connectivity index (χ1n) is 4.09. The minimum absolute atomic E-state index is 0.282. The van der Waals surface area contributed by atoms with E-state index < -0.39 is 28.1 Å². The molecule has 0 aliphatic rings. The van der Waals surface area contributed by atoms with Gasteiger partial charge in [-0.15, -0.1) is 0 Å². The molecule has 0 fully saturated rings. The summed E-state index contributed by atoms with van der Waals surface area (Å²) in [6, 6.07) is 0. The fourth-order valence-corrected chi connectivity index (χ4v) is 1.68. The molecule has 0 saturated heterocycles. The molecular formula is C7H15NO5S. The average Bonchev–Trinajstić information content (AvgIpc) is 2.03. The standard InChI is InChI=1S/C7H15NO5S/c1-13-4-2-8-7(10)6-14(11,12)5-3-9/h9H,2-6H2,1H3,(H,8,10). The molecule has 84 valence electrons. The Labute approximate surface area is 83.2 Å². The molecule has 0 spiro atoms. The van der Waals surface area contributed by atoms with Gasteiger partial charge in [-0.3, -0.25) is 4.79 Å². The third kappa shape index (κ3) is 6.81. The van der Waals surface area contributed by atoms with E-state index in [4.69, 9.17) is 5.11 Å². The van der Waals surface area contributed by atoms with Crippen molar-refractivity contribution in [3.05, 3.63) is 0 Å². The first kappa shape index (κ1) is 13.3. The summed E-state index contributed by atoms with van der Waals surface area (Å²) >= 11 is 0. The Hall–Kier alpha value is -0.660. The van der Waals surface area contributed by atoms with Gasteiger partial charge in [0.25, 0.3) is 0 Å². The van der Waals surface area contributed by atoms with Gasteiger partial charge in [0, 0.05) is 13.7 Å². The van der Waals surface area contributed by atoms with E-state index in [-0.39, 0.29) is 12.3 Å². The topological polar surface area (TPSA) is 92.7 Å². The number of nitrogens with one attached hydrogen (secondary N) is 1. The van der Waals surface area contributed by atoms with Gasteiger partial charge in [0.1, 0.15) is 5.75 Å². The number of ether oxygens (including phenoxy) is 1. The minimum atomic E-state index is -3.47. The average molecular weight is 225 g/mol. The number of amides is 1. The Balaban J connectivity index is 3.82. The van der Waals surface area contributed by atoms with E-state index in [0.717, 1.165) is 0 Å². The second-order valence-corrected chi connectivity index (χ2v) is 4.84. The number of carbonyl (C=O) groups excluding carboxylic acids is 1. The van der Waals surface area contributed by atoms with Crippen molar-refractivity contribution in [3.8, 4) is 0 Å². The summed E-state index contributed by atoms with van der Waals surface area (Å²) in [6.07, 6.45) is 0. The zero-order valence-electron chi connectivity index (χ0n) is 8.02. The third-order valence-electron chi connectivity index (χ3n) is 1.38. The number of sulfone groups is 1. The van der Waals surface area contributed by atoms with Gasteiger partial charge in [-0.1, -0.05) is 0 Å². The SMILES string of the molecule is COCCNC(=O)CS(=O)(=O)CCO. The molecule has 14 heavy (non-hydrogen) atoms. The second kappa shape index (κ2) is 6.74. The third-order valence-corrected chi connectivity index (χ3v) is 2.89. The van der Waals surface area contributed by atoms with Gasteiger partial charge in [0.05, 0.1) is 19.0 Å². The van der Waals surface area contributed by atoms with Crippen molar-refractivity contribution in [2.45, 2.75) is 0 Å². The van der Waals surface area contributed by atoms with Crippen LogP contribution in [-0.4, -0.2) is 57.8 Å². The maximum Gasteiger partial charge on any atom is 0.235 e. The number of rotatable bonds is 7. The molecule has 0 aliphatic heterocycles. The zero-order valence-corrected chi connectivity index (χ0v) is 8.84. The summed E-state index contributed by atoms with van der Waals surface area (Å²) in [6.45, 7) is 0.156. The molecule has 0 bridgehead atoms. The Morgan fingerprint density at radius 1 is 1.50 bits per heavy atom. The molecule has 7 heteroatoms. The quantitative estimate of drug-likeness (QED) is 0.496. The van der Waals surface area contributed by atoms with E-state index >= 15 is 0 Å². The first-order chi connectivity index (χ1) is 6.52. The van der Waals surface area contributed by atoms with Crippen molar-refractivity contribution >= 4 is 15.7 Å². The number of aliphatic hydroxyl groups excluding tert-OH is 1. The molecule has 0 unspecified atom stereocenters. The van der Waals surface area contributed by atoms with Crippen molar-refractivity contribution in [2.75, 3.05) is 38.4 Å². The van der Waals surface area contributed by atoms with Crippen molar-refractivity contribution in [1.29, 1.82) is 0 Å². The fraction of sp³-hybridized carbons (Fsp3) is 0.857. The number of carbonyl (C=O) groups is 1. The van der Waals surface area contributed by atoms with Crippen LogP contribution >= 0.6 is 0 Å². The summed E-state index contributed by atoms with van der Waals surface area (Å²) in [5.41, 5.74) is 0. The summed E-state index contributed by atoms with van der Waals surface area (Å²) in [5.74, 6) is -1.54. The smallest absolute Gasteiger partial charge is 0.235 e. The predicted molar refractivity (Wildman–Crippen MR) is 50.6 cm³/mol. The molecule has 2 N–H and O–H groups in total. The monoisotopic (exact) mass is 225 g/mol. The lowest BCUT2D eigenvalue weighted by Crippen LogP contribution is -2.33. The van der Waals surface area contributed by atoms with Gasteiger partial charge >= 0.3 is 0 Å². The van der Waals surface area contributed by atoms with Gasteiger partial charge in [0.2, 0.25) is 5.91 Å². The predicted octanol–water partition coefficient (Wildman–Crippen LogP) is -1.84. The van der Waals surface area contributed by atoms with Gasteiger partial charge < -0.3 is 15.2 Å². The first-order valence-corrected chi connectivity index (χ1v) is 5.91. The van der Waals surface area contributed by atoms with Gasteiger partial charge in [-0.05, 0) is 0 Å². The van der Waals surface area contributed by atoms with Crippen LogP contribution in [-0.2, 0) is 19.4 Å². The summed E-state index contributed by atoms with van der Waals surface area (Å²) in [7, 11) is -1.99. The molecule has 1 amide bonds. The highest BCUT2D eigenvalue weighted by molar-refractivity contribution is 7.92. The normalized spacial score (nSPS) is 11.3. The van der Waals surface area contributed by atoms with Gasteiger partial charge in [0.15, 0.2) is 9.84 Å². The second-order valence-electron chi connectivity index (χ2n) is 2.66. The highest BCUT2D eigenvalue weighted by Crippen LogP contribution is 1.88. The molecule has 0 rings (SSSR count). The van der Waals surface area contributed by atoms with Gasteiger partial charge in [-0.25, -0.2) is 8.42 Å². The van der Waals surface area contributed by atoms with Crippen LogP contribution in [0.1, 0.15) is 0 Å². The van der Waals surface area contributed by atoms with Crippen LogP contribution in [0.5, 0.6) is 0 Å². The lowest BCUT2D eigenvalue weighted by molar-refractivity contribution is -0.118. The highest BCUT2D eigenvalue weighted by Gasteiger charge is 2.15. The Morgan fingerprint density at radius 3 is 2.64 bits per heavy atom. The van der Waals surface area contributed by atoms with E-state index in [1.165, 1.54) is 7.11 Å². The molecule has 0 aromatic carbocycles. The Kier molecular flexibility index (Phi) is 6.43. The largest absolute Gasteiger partial charge is 0.395 e. The van der Waals surface area contributed by atoms with Crippen LogP contribution in [0.3, 0.4) is 0 Å². The number of aliphatic hydroxyl groups is 1. The highest BCUT2D eigenvalue weighted by atomic mass is 32.2. The summed E-state index contributed by atoms with van der Waals surface area (Å²) in [4.78, 5) is 11.0. The fourth-order valence-electron chi connectivity index (χ4n) is 0.755. The van der Waals surface area contributed by atoms with E-state index in [2.05, 4.69) is 10.1 Å². The molecule has 0 aromatic heterocycles. The Morgan fingerprint density at radius 2 is 2.14 bits per heavy atom. The number of methoxy groups -OCH3 is 1. The molecule has 0 heterocycles. The van der Waals surface area contributed by atoms with Crippen LogP contribution in [0.15, 0.2) is 0 Å². The number of hydrogen-bond acceptors (Lipinski definition) is 5. The Bertz CT molecular complexity index is 261. The molecule has 0 aromatic rings. The van der Waals surface area contributed by atoms with E-state index in [1.54, 1.807) is 0 Å². The number of hydrogen-bond donors (Lipinski definition) is 2. The van der Waals surface area contributed by atoms with Crippen LogP contribution in [0.2, 0.25) is 0 Å². The molecule has 0 saturated carbocycles. The van der Waals surface area contributed by atoms with E-state index in [9.17, 15) is 13.2 Å². The van der Waals surface area contributed by atoms with Crippen molar-refractivity contribution in [3.63, 3.8) is 0 Å². The van der Waals surface area contributed by atoms with Crippen LogP contribution in [0.25, 0.3) is 0 Å². The molecular weight excluding hydrogens is 210 g/mol. The van der Waals surface area contributed by atoms with Crippen LogP contribution in [0.4, 0.5) is 0 Å². The van der Waals surface area contributed by atoms with Crippen LogP contribution in [0, 0.1) is 0 Å². The molecule has 0 atom stereocenters. The van der Waals surface area contributed by atoms with Crippen LogP contribution < -0.4 is 5.32 Å². The minimum Gasteiger partial charge on any atom is -0.395 e. The lowest BCUT2D eigenvalue weighted by Gasteiger charge is -2.04. The maximum atomic E-state index is 11.0. The van der Waals surface area contributed by atoms with Crippen molar-refractivity contribution in [1.82, 2.24) is 5.32 Å². The van der Waals surface area contributed by atoms with E-state index in [1.807, 2.05) is 0 Å². The van der Waals surface area contributed by atoms with E-state index in [0.29, 0.717) is 6.61 Å². The van der Waals surface area contributed by atoms with Gasteiger partial charge in [-0.2, -0.15) is 0 Å².